The monoisotopic (exact) mass is 288 g/mol. The van der Waals surface area contributed by atoms with Gasteiger partial charge in [0.15, 0.2) is 0 Å². The van der Waals surface area contributed by atoms with Crippen LogP contribution in [-0.4, -0.2) is 31.1 Å². The molecule has 1 N–H and O–H groups in total. The molecule has 1 aromatic rings. The molecule has 0 fully saturated rings. The van der Waals surface area contributed by atoms with Crippen molar-refractivity contribution < 1.29 is 23.2 Å². The van der Waals surface area contributed by atoms with Crippen LogP contribution in [0.3, 0.4) is 0 Å². The lowest BCUT2D eigenvalue weighted by molar-refractivity contribution is -0.387. The highest BCUT2D eigenvalue weighted by Crippen LogP contribution is 2.21. The molecular weight excluding hydrogens is 274 g/mol. The second kappa shape index (κ2) is 7.49. The molecule has 0 aliphatic heterocycles. The second-order valence-electron chi connectivity index (χ2n) is 4.00. The Morgan fingerprint density at radius 2 is 2.05 bits per heavy atom. The van der Waals surface area contributed by atoms with Crippen LogP contribution in [0.25, 0.3) is 0 Å². The summed E-state index contributed by atoms with van der Waals surface area (Å²) >= 11 is 0. The third-order valence-corrected chi connectivity index (χ3v) is 2.54. The van der Waals surface area contributed by atoms with Gasteiger partial charge in [-0.2, -0.15) is 4.39 Å². The molecule has 0 bridgehead atoms. The van der Waals surface area contributed by atoms with Crippen molar-refractivity contribution in [3.05, 3.63) is 39.4 Å². The first kappa shape index (κ1) is 16.0. The van der Waals surface area contributed by atoms with E-state index in [1.165, 1.54) is 0 Å². The number of nitro groups is 1. The smallest absolute Gasteiger partial charge is 0.307 e. The Kier molecular flexibility index (Phi) is 5.98. The zero-order chi connectivity index (χ0) is 15.1. The molecule has 0 unspecified atom stereocenters. The quantitative estimate of drug-likeness (QED) is 0.473. The number of amides is 1. The first-order valence-corrected chi connectivity index (χ1v) is 5.88. The van der Waals surface area contributed by atoms with Crippen LogP contribution in [0, 0.1) is 21.7 Å². The predicted octanol–water partition coefficient (Wildman–Crippen LogP) is 2.03. The fraction of sp³-hybridized carbons (Fsp3) is 0.417. The molecule has 0 aromatic heterocycles. The number of hydrogen-bond acceptors (Lipinski definition) is 4. The number of halogens is 2. The number of nitrogens with zero attached hydrogens (tertiary/aromatic N) is 1. The summed E-state index contributed by atoms with van der Waals surface area (Å²) in [7, 11) is 1.55. The number of unbranched alkanes of at least 4 members (excludes halogenated alkanes) is 1. The summed E-state index contributed by atoms with van der Waals surface area (Å²) < 4.78 is 31.7. The first-order chi connectivity index (χ1) is 9.47. The second-order valence-corrected chi connectivity index (χ2v) is 4.00. The summed E-state index contributed by atoms with van der Waals surface area (Å²) in [5.74, 6) is -3.19. The molecule has 1 amide bonds. The number of rotatable bonds is 7. The van der Waals surface area contributed by atoms with Crippen molar-refractivity contribution in [1.29, 1.82) is 0 Å². The van der Waals surface area contributed by atoms with Crippen LogP contribution in [0.1, 0.15) is 23.2 Å². The Hall–Kier alpha value is -2.09. The van der Waals surface area contributed by atoms with Crippen molar-refractivity contribution in [3.8, 4) is 0 Å². The van der Waals surface area contributed by atoms with E-state index < -0.39 is 33.7 Å². The molecule has 8 heteroatoms. The normalized spacial score (nSPS) is 10.3. The van der Waals surface area contributed by atoms with Crippen molar-refractivity contribution in [1.82, 2.24) is 5.32 Å². The van der Waals surface area contributed by atoms with Gasteiger partial charge in [-0.15, -0.1) is 0 Å². The Balaban J connectivity index is 2.69. The lowest BCUT2D eigenvalue weighted by atomic mass is 10.1. The minimum atomic E-state index is -1.25. The predicted molar refractivity (Wildman–Crippen MR) is 66.5 cm³/mol. The van der Waals surface area contributed by atoms with Crippen LogP contribution < -0.4 is 5.32 Å². The number of hydrogen-bond donors (Lipinski definition) is 1. The largest absolute Gasteiger partial charge is 0.385 e. The van der Waals surface area contributed by atoms with E-state index in [0.29, 0.717) is 31.6 Å². The van der Waals surface area contributed by atoms with Crippen molar-refractivity contribution >= 4 is 11.6 Å². The fourth-order valence-electron chi connectivity index (χ4n) is 1.52. The summed E-state index contributed by atoms with van der Waals surface area (Å²) in [4.78, 5) is 21.0. The SMILES string of the molecule is COCCCCNC(=O)c1cc(F)c([N+](=O)[O-])cc1F. The van der Waals surface area contributed by atoms with E-state index in [2.05, 4.69) is 5.32 Å². The third kappa shape index (κ3) is 4.23. The molecule has 0 aliphatic carbocycles. The highest BCUT2D eigenvalue weighted by Gasteiger charge is 2.21. The Morgan fingerprint density at radius 3 is 2.65 bits per heavy atom. The number of carbonyl (C=O) groups is 1. The average Bonchev–Trinajstić information content (AvgIpc) is 2.40. The van der Waals surface area contributed by atoms with Crippen molar-refractivity contribution in [2.24, 2.45) is 0 Å². The van der Waals surface area contributed by atoms with Gasteiger partial charge in [0.1, 0.15) is 5.82 Å². The van der Waals surface area contributed by atoms with E-state index in [1.807, 2.05) is 0 Å². The summed E-state index contributed by atoms with van der Waals surface area (Å²) in [5.41, 5.74) is -1.56. The van der Waals surface area contributed by atoms with Gasteiger partial charge in [-0.3, -0.25) is 14.9 Å². The van der Waals surface area contributed by atoms with Gasteiger partial charge >= 0.3 is 5.69 Å². The Bertz CT molecular complexity index is 508. The minimum absolute atomic E-state index is 0.278. The third-order valence-electron chi connectivity index (χ3n) is 2.54. The molecule has 0 saturated heterocycles. The average molecular weight is 288 g/mol. The number of ether oxygens (including phenoxy) is 1. The molecule has 0 aliphatic rings. The van der Waals surface area contributed by atoms with Gasteiger partial charge in [-0.1, -0.05) is 0 Å². The van der Waals surface area contributed by atoms with Crippen molar-refractivity contribution in [2.45, 2.75) is 12.8 Å². The Labute approximate surface area is 113 Å². The highest BCUT2D eigenvalue weighted by molar-refractivity contribution is 5.94. The van der Waals surface area contributed by atoms with E-state index in [9.17, 15) is 23.7 Å². The van der Waals surface area contributed by atoms with Gasteiger partial charge in [0.2, 0.25) is 5.82 Å². The molecule has 110 valence electrons. The molecular formula is C12H14F2N2O4. The zero-order valence-electron chi connectivity index (χ0n) is 10.8. The van der Waals surface area contributed by atoms with Crippen LogP contribution >= 0.6 is 0 Å². The van der Waals surface area contributed by atoms with Crippen LogP contribution in [0.4, 0.5) is 14.5 Å². The van der Waals surface area contributed by atoms with Gasteiger partial charge < -0.3 is 10.1 Å². The molecule has 6 nitrogen and oxygen atoms in total. The van der Waals surface area contributed by atoms with Gasteiger partial charge in [0, 0.05) is 20.3 Å². The molecule has 0 radical (unpaired) electrons. The van der Waals surface area contributed by atoms with Crippen molar-refractivity contribution in [3.63, 3.8) is 0 Å². The molecule has 1 rings (SSSR count). The molecule has 0 atom stereocenters. The van der Waals surface area contributed by atoms with Crippen LogP contribution in [0.2, 0.25) is 0 Å². The van der Waals surface area contributed by atoms with Gasteiger partial charge in [-0.25, -0.2) is 4.39 Å². The number of nitrogens with one attached hydrogen (secondary N) is 1. The molecule has 0 saturated carbocycles. The van der Waals surface area contributed by atoms with Crippen LogP contribution in [-0.2, 0) is 4.74 Å². The lowest BCUT2D eigenvalue weighted by Gasteiger charge is -2.06. The molecule has 20 heavy (non-hydrogen) atoms. The maximum absolute atomic E-state index is 13.5. The maximum Gasteiger partial charge on any atom is 0.307 e. The number of methoxy groups -OCH3 is 1. The van der Waals surface area contributed by atoms with E-state index in [-0.39, 0.29) is 6.54 Å². The summed E-state index contributed by atoms with van der Waals surface area (Å²) in [5, 5.41) is 12.8. The molecule has 0 heterocycles. The minimum Gasteiger partial charge on any atom is -0.385 e. The van der Waals surface area contributed by atoms with E-state index >= 15 is 0 Å². The number of benzene rings is 1. The van der Waals surface area contributed by atoms with Gasteiger partial charge in [0.05, 0.1) is 16.6 Å². The van der Waals surface area contributed by atoms with Crippen LogP contribution in [0.15, 0.2) is 12.1 Å². The van der Waals surface area contributed by atoms with E-state index in [4.69, 9.17) is 4.74 Å². The maximum atomic E-state index is 13.5. The number of nitro benzene ring substituents is 1. The summed E-state index contributed by atoms with van der Waals surface area (Å²) in [6.45, 7) is 0.816. The van der Waals surface area contributed by atoms with Gasteiger partial charge in [0.25, 0.3) is 5.91 Å². The summed E-state index contributed by atoms with van der Waals surface area (Å²) in [6, 6.07) is 0.924. The van der Waals surface area contributed by atoms with Gasteiger partial charge in [-0.05, 0) is 18.9 Å². The standard InChI is InChI=1S/C12H14F2N2O4/c1-20-5-3-2-4-15-12(17)8-6-10(14)11(16(18)19)7-9(8)13/h6-7H,2-5H2,1H3,(H,15,17). The number of carbonyl (C=O) groups excluding carboxylic acids is 1. The van der Waals surface area contributed by atoms with E-state index in [0.717, 1.165) is 0 Å². The molecule has 0 spiro atoms. The molecule has 1 aromatic carbocycles. The Morgan fingerprint density at radius 1 is 1.35 bits per heavy atom. The fourth-order valence-corrected chi connectivity index (χ4v) is 1.52. The van der Waals surface area contributed by atoms with Crippen molar-refractivity contribution in [2.75, 3.05) is 20.3 Å². The van der Waals surface area contributed by atoms with Crippen LogP contribution in [0.5, 0.6) is 0 Å². The van der Waals surface area contributed by atoms with E-state index in [1.54, 1.807) is 7.11 Å². The lowest BCUT2D eigenvalue weighted by Crippen LogP contribution is -2.25. The zero-order valence-corrected chi connectivity index (χ0v) is 10.8. The first-order valence-electron chi connectivity index (χ1n) is 5.88. The highest BCUT2D eigenvalue weighted by atomic mass is 19.1. The summed E-state index contributed by atoms with van der Waals surface area (Å²) in [6.07, 6.45) is 1.34. The topological polar surface area (TPSA) is 81.5 Å².